The number of pyridine rings is 2. The van der Waals surface area contributed by atoms with E-state index < -0.39 is 0 Å². The van der Waals surface area contributed by atoms with E-state index >= 15 is 0 Å². The van der Waals surface area contributed by atoms with E-state index in [4.69, 9.17) is 4.74 Å². The molecule has 0 saturated carbocycles. The van der Waals surface area contributed by atoms with Gasteiger partial charge in [0, 0.05) is 18.6 Å². The first-order valence-electron chi connectivity index (χ1n) is 8.86. The normalized spacial score (nSPS) is 10.8. The summed E-state index contributed by atoms with van der Waals surface area (Å²) < 4.78 is 7.32. The molecule has 0 fully saturated rings. The predicted octanol–water partition coefficient (Wildman–Crippen LogP) is 2.81. The molecule has 0 aliphatic carbocycles. The lowest BCUT2D eigenvalue weighted by Crippen LogP contribution is -2.25. The minimum atomic E-state index is -0.193. The number of amides is 1. The molecule has 1 amide bonds. The first-order valence-corrected chi connectivity index (χ1v) is 8.86. The molecule has 0 aliphatic heterocycles. The maximum Gasteiger partial charge on any atom is 0.253 e. The Hall–Kier alpha value is -3.74. The average molecular weight is 373 g/mol. The summed E-state index contributed by atoms with van der Waals surface area (Å²) in [6.45, 7) is 0.858. The predicted molar refractivity (Wildman–Crippen MR) is 105 cm³/mol. The number of fused-ring (bicyclic) bond motifs is 1. The van der Waals surface area contributed by atoms with E-state index in [1.54, 1.807) is 31.6 Å². The third-order valence-corrected chi connectivity index (χ3v) is 4.39. The third-order valence-electron chi connectivity index (χ3n) is 4.39. The number of nitrogens with one attached hydrogen (secondary N) is 1. The van der Waals surface area contributed by atoms with Crippen molar-refractivity contribution in [1.82, 2.24) is 24.8 Å². The number of rotatable bonds is 6. The van der Waals surface area contributed by atoms with Crippen molar-refractivity contribution >= 4 is 17.1 Å². The number of ether oxygens (including phenoxy) is 1. The molecule has 0 atom stereocenters. The van der Waals surface area contributed by atoms with Gasteiger partial charge in [-0.25, -0.2) is 9.97 Å². The Morgan fingerprint density at radius 1 is 1.14 bits per heavy atom. The molecule has 1 N–H and O–H groups in total. The van der Waals surface area contributed by atoms with Crippen LogP contribution in [-0.4, -0.2) is 32.5 Å². The Balaban J connectivity index is 1.62. The molecule has 3 aromatic heterocycles. The van der Waals surface area contributed by atoms with Crippen LogP contribution < -0.4 is 10.1 Å². The standard InChI is InChI=1S/C21H19N5O2/c1-28-17-7-2-5-15(11-17)14-26-19(25-18-8-4-10-23-20(18)26)13-24-21(27)16-6-3-9-22-12-16/h2-12H,13-14H2,1H3,(H,24,27). The molecule has 140 valence electrons. The molecular formula is C21H19N5O2. The highest BCUT2D eigenvalue weighted by Crippen LogP contribution is 2.19. The van der Waals surface area contributed by atoms with E-state index in [1.165, 1.54) is 6.20 Å². The first-order chi connectivity index (χ1) is 13.7. The second kappa shape index (κ2) is 7.87. The number of aromatic nitrogens is 4. The van der Waals surface area contributed by atoms with Crippen LogP contribution in [0.25, 0.3) is 11.2 Å². The molecule has 0 aliphatic rings. The number of methoxy groups -OCH3 is 1. The van der Waals surface area contributed by atoms with Gasteiger partial charge < -0.3 is 14.6 Å². The number of carbonyl (C=O) groups excluding carboxylic acids is 1. The lowest BCUT2D eigenvalue weighted by Gasteiger charge is -2.11. The van der Waals surface area contributed by atoms with E-state index in [0.717, 1.165) is 28.3 Å². The number of carbonyl (C=O) groups is 1. The van der Waals surface area contributed by atoms with Crippen molar-refractivity contribution in [3.8, 4) is 5.75 Å². The van der Waals surface area contributed by atoms with Gasteiger partial charge in [-0.1, -0.05) is 12.1 Å². The summed E-state index contributed by atoms with van der Waals surface area (Å²) in [6.07, 6.45) is 4.91. The minimum Gasteiger partial charge on any atom is -0.497 e. The van der Waals surface area contributed by atoms with Gasteiger partial charge in [-0.05, 0) is 42.0 Å². The largest absolute Gasteiger partial charge is 0.497 e. The van der Waals surface area contributed by atoms with Crippen molar-refractivity contribution in [2.45, 2.75) is 13.1 Å². The fraction of sp³-hybridized carbons (Fsp3) is 0.143. The van der Waals surface area contributed by atoms with Crippen LogP contribution >= 0.6 is 0 Å². The number of imidazole rings is 1. The van der Waals surface area contributed by atoms with Crippen molar-refractivity contribution in [1.29, 1.82) is 0 Å². The monoisotopic (exact) mass is 373 g/mol. The molecule has 3 heterocycles. The number of hydrogen-bond acceptors (Lipinski definition) is 5. The molecule has 4 rings (SSSR count). The molecule has 0 unspecified atom stereocenters. The van der Waals surface area contributed by atoms with Crippen LogP contribution in [-0.2, 0) is 13.1 Å². The summed E-state index contributed by atoms with van der Waals surface area (Å²) in [5, 5.41) is 2.91. The topological polar surface area (TPSA) is 81.9 Å². The van der Waals surface area contributed by atoms with E-state index in [1.807, 2.05) is 41.0 Å². The molecule has 7 heteroatoms. The van der Waals surface area contributed by atoms with Gasteiger partial charge in [0.1, 0.15) is 17.1 Å². The quantitative estimate of drug-likeness (QED) is 0.562. The van der Waals surface area contributed by atoms with Crippen molar-refractivity contribution in [2.75, 3.05) is 7.11 Å². The van der Waals surface area contributed by atoms with Gasteiger partial charge in [0.15, 0.2) is 5.65 Å². The van der Waals surface area contributed by atoms with Crippen LogP contribution in [0.4, 0.5) is 0 Å². The summed E-state index contributed by atoms with van der Waals surface area (Å²) >= 11 is 0. The van der Waals surface area contributed by atoms with E-state index in [-0.39, 0.29) is 12.5 Å². The molecule has 7 nitrogen and oxygen atoms in total. The van der Waals surface area contributed by atoms with Crippen molar-refractivity contribution < 1.29 is 9.53 Å². The lowest BCUT2D eigenvalue weighted by molar-refractivity contribution is 0.0949. The van der Waals surface area contributed by atoms with E-state index in [0.29, 0.717) is 12.1 Å². The highest BCUT2D eigenvalue weighted by Gasteiger charge is 2.14. The van der Waals surface area contributed by atoms with E-state index in [9.17, 15) is 4.79 Å². The van der Waals surface area contributed by atoms with Crippen molar-refractivity contribution in [3.05, 3.63) is 84.1 Å². The average Bonchev–Trinajstić information content (AvgIpc) is 3.10. The Morgan fingerprint density at radius 3 is 2.86 bits per heavy atom. The Labute approximate surface area is 162 Å². The first kappa shape index (κ1) is 17.7. The van der Waals surface area contributed by atoms with Crippen LogP contribution in [0.1, 0.15) is 21.7 Å². The highest BCUT2D eigenvalue weighted by molar-refractivity contribution is 5.93. The molecule has 28 heavy (non-hydrogen) atoms. The Kier molecular flexibility index (Phi) is 4.97. The maximum absolute atomic E-state index is 12.4. The fourth-order valence-electron chi connectivity index (χ4n) is 3.02. The summed E-state index contributed by atoms with van der Waals surface area (Å²) in [5.74, 6) is 1.33. The van der Waals surface area contributed by atoms with E-state index in [2.05, 4.69) is 20.3 Å². The van der Waals surface area contributed by atoms with Gasteiger partial charge in [0.05, 0.1) is 25.8 Å². The zero-order valence-electron chi connectivity index (χ0n) is 15.4. The summed E-state index contributed by atoms with van der Waals surface area (Å²) in [7, 11) is 1.65. The van der Waals surface area contributed by atoms with Gasteiger partial charge in [0.25, 0.3) is 5.91 Å². The Morgan fingerprint density at radius 2 is 2.04 bits per heavy atom. The van der Waals surface area contributed by atoms with Gasteiger partial charge in [-0.15, -0.1) is 0 Å². The number of hydrogen-bond donors (Lipinski definition) is 1. The van der Waals surface area contributed by atoms with Gasteiger partial charge in [-0.2, -0.15) is 0 Å². The van der Waals surface area contributed by atoms with Gasteiger partial charge >= 0.3 is 0 Å². The SMILES string of the molecule is COc1cccc(Cn2c(CNC(=O)c3cccnc3)nc3cccnc32)c1. The molecule has 1 aromatic carbocycles. The number of nitrogens with zero attached hydrogens (tertiary/aromatic N) is 4. The smallest absolute Gasteiger partial charge is 0.253 e. The molecule has 0 spiro atoms. The van der Waals surface area contributed by atoms with Crippen molar-refractivity contribution in [2.24, 2.45) is 0 Å². The van der Waals surface area contributed by atoms with Crippen LogP contribution in [0, 0.1) is 0 Å². The maximum atomic E-state index is 12.4. The lowest BCUT2D eigenvalue weighted by atomic mass is 10.2. The second-order valence-corrected chi connectivity index (χ2v) is 6.24. The zero-order chi connectivity index (χ0) is 19.3. The summed E-state index contributed by atoms with van der Waals surface area (Å²) in [6, 6.07) is 15.1. The second-order valence-electron chi connectivity index (χ2n) is 6.24. The van der Waals surface area contributed by atoms with Crippen LogP contribution in [0.3, 0.4) is 0 Å². The Bertz CT molecular complexity index is 1110. The number of benzene rings is 1. The molecule has 0 saturated heterocycles. The molecule has 0 bridgehead atoms. The molecule has 0 radical (unpaired) electrons. The van der Waals surface area contributed by atoms with Crippen LogP contribution in [0.2, 0.25) is 0 Å². The van der Waals surface area contributed by atoms with Gasteiger partial charge in [0.2, 0.25) is 0 Å². The highest BCUT2D eigenvalue weighted by atomic mass is 16.5. The third kappa shape index (κ3) is 3.68. The van der Waals surface area contributed by atoms with Crippen LogP contribution in [0.5, 0.6) is 5.75 Å². The van der Waals surface area contributed by atoms with Gasteiger partial charge in [-0.3, -0.25) is 9.78 Å². The molecular weight excluding hydrogens is 354 g/mol. The molecule has 4 aromatic rings. The summed E-state index contributed by atoms with van der Waals surface area (Å²) in [5.41, 5.74) is 3.13. The minimum absolute atomic E-state index is 0.193. The van der Waals surface area contributed by atoms with Crippen LogP contribution in [0.15, 0.2) is 67.1 Å². The van der Waals surface area contributed by atoms with Crippen molar-refractivity contribution in [3.63, 3.8) is 0 Å². The summed E-state index contributed by atoms with van der Waals surface area (Å²) in [4.78, 5) is 25.5. The fourth-order valence-corrected chi connectivity index (χ4v) is 3.02. The zero-order valence-corrected chi connectivity index (χ0v) is 15.4.